The van der Waals surface area contributed by atoms with Crippen molar-refractivity contribution in [3.05, 3.63) is 29.8 Å². The van der Waals surface area contributed by atoms with E-state index in [1.54, 1.807) is 29.2 Å². The van der Waals surface area contributed by atoms with Crippen molar-refractivity contribution in [2.75, 3.05) is 36.5 Å². The molecule has 1 aliphatic heterocycles. The van der Waals surface area contributed by atoms with Crippen molar-refractivity contribution in [2.24, 2.45) is 0 Å². The largest absolute Gasteiger partial charge is 0.462 e. The minimum Gasteiger partial charge on any atom is -0.462 e. The minimum absolute atomic E-state index is 0.0865. The monoisotopic (exact) mass is 308 g/mol. The highest BCUT2D eigenvalue weighted by atomic mass is 32.2. The molecule has 0 aromatic heterocycles. The second kappa shape index (κ2) is 7.93. The lowest BCUT2D eigenvalue weighted by molar-refractivity contribution is 0.0505. The Morgan fingerprint density at radius 3 is 2.52 bits per heavy atom. The fourth-order valence-corrected chi connectivity index (χ4v) is 2.84. The highest BCUT2D eigenvalue weighted by Gasteiger charge is 2.16. The molecule has 1 saturated heterocycles. The molecule has 2 amide bonds. The maximum atomic E-state index is 12.0. The van der Waals surface area contributed by atoms with Gasteiger partial charge < -0.3 is 15.0 Å². The van der Waals surface area contributed by atoms with Crippen LogP contribution in [0.25, 0.3) is 0 Å². The summed E-state index contributed by atoms with van der Waals surface area (Å²) in [6, 6.07) is 6.69. The third-order valence-electron chi connectivity index (χ3n) is 3.11. The van der Waals surface area contributed by atoms with Gasteiger partial charge in [0.25, 0.3) is 0 Å². The maximum absolute atomic E-state index is 12.0. The van der Waals surface area contributed by atoms with Gasteiger partial charge in [-0.25, -0.2) is 9.59 Å². The van der Waals surface area contributed by atoms with E-state index in [0.29, 0.717) is 17.9 Å². The van der Waals surface area contributed by atoms with Gasteiger partial charge in [-0.1, -0.05) is 6.92 Å². The summed E-state index contributed by atoms with van der Waals surface area (Å²) in [7, 11) is 0. The minimum atomic E-state index is -0.331. The summed E-state index contributed by atoms with van der Waals surface area (Å²) in [4.78, 5) is 25.5. The lowest BCUT2D eigenvalue weighted by Gasteiger charge is -2.26. The molecule has 1 N–H and O–H groups in total. The SMILES string of the molecule is CCCOC(=O)c1ccc(NC(=O)N2CCSCC2)cc1. The molecule has 0 saturated carbocycles. The van der Waals surface area contributed by atoms with Gasteiger partial charge in [0.05, 0.1) is 12.2 Å². The Hall–Kier alpha value is -1.69. The Morgan fingerprint density at radius 1 is 1.24 bits per heavy atom. The van der Waals surface area contributed by atoms with Crippen LogP contribution in [0.4, 0.5) is 10.5 Å². The number of amides is 2. The van der Waals surface area contributed by atoms with E-state index in [0.717, 1.165) is 31.0 Å². The van der Waals surface area contributed by atoms with Crippen molar-refractivity contribution < 1.29 is 14.3 Å². The van der Waals surface area contributed by atoms with Crippen LogP contribution in [0.2, 0.25) is 0 Å². The van der Waals surface area contributed by atoms with E-state index in [1.165, 1.54) is 0 Å². The number of carbonyl (C=O) groups is 2. The topological polar surface area (TPSA) is 58.6 Å². The van der Waals surface area contributed by atoms with Crippen LogP contribution in [-0.2, 0) is 4.74 Å². The molecule has 1 aromatic carbocycles. The first-order valence-corrected chi connectivity index (χ1v) is 8.27. The number of hydrogen-bond donors (Lipinski definition) is 1. The van der Waals surface area contributed by atoms with E-state index in [2.05, 4.69) is 5.32 Å². The molecule has 1 heterocycles. The highest BCUT2D eigenvalue weighted by Crippen LogP contribution is 2.14. The predicted octanol–water partition coefficient (Wildman–Crippen LogP) is 2.83. The highest BCUT2D eigenvalue weighted by molar-refractivity contribution is 7.99. The van der Waals surface area contributed by atoms with Gasteiger partial charge in [-0.2, -0.15) is 11.8 Å². The third kappa shape index (κ3) is 4.67. The fourth-order valence-electron chi connectivity index (χ4n) is 1.94. The summed E-state index contributed by atoms with van der Waals surface area (Å²) in [5.41, 5.74) is 1.18. The molecule has 0 radical (unpaired) electrons. The molecular formula is C15H20N2O3S. The van der Waals surface area contributed by atoms with E-state index in [9.17, 15) is 9.59 Å². The zero-order valence-corrected chi connectivity index (χ0v) is 12.9. The second-order valence-corrected chi connectivity index (χ2v) is 5.97. The number of carbonyl (C=O) groups excluding carboxylic acids is 2. The molecule has 5 nitrogen and oxygen atoms in total. The third-order valence-corrected chi connectivity index (χ3v) is 4.05. The van der Waals surface area contributed by atoms with Crippen LogP contribution in [0.1, 0.15) is 23.7 Å². The molecule has 6 heteroatoms. The van der Waals surface area contributed by atoms with Gasteiger partial charge in [0.2, 0.25) is 0 Å². The first-order chi connectivity index (χ1) is 10.2. The van der Waals surface area contributed by atoms with Crippen molar-refractivity contribution >= 4 is 29.4 Å². The number of benzene rings is 1. The first kappa shape index (κ1) is 15.7. The fraction of sp³-hybridized carbons (Fsp3) is 0.467. The Kier molecular flexibility index (Phi) is 5.92. The van der Waals surface area contributed by atoms with E-state index in [-0.39, 0.29) is 12.0 Å². The van der Waals surface area contributed by atoms with Crippen molar-refractivity contribution in [2.45, 2.75) is 13.3 Å². The molecule has 2 rings (SSSR count). The summed E-state index contributed by atoms with van der Waals surface area (Å²) >= 11 is 1.86. The number of thioether (sulfide) groups is 1. The molecule has 21 heavy (non-hydrogen) atoms. The van der Waals surface area contributed by atoms with Gasteiger partial charge in [0.15, 0.2) is 0 Å². The molecule has 114 valence electrons. The van der Waals surface area contributed by atoms with Crippen LogP contribution >= 0.6 is 11.8 Å². The van der Waals surface area contributed by atoms with Gasteiger partial charge in [0, 0.05) is 30.3 Å². The molecule has 0 aliphatic carbocycles. The molecule has 0 spiro atoms. The molecular weight excluding hydrogens is 288 g/mol. The Labute approximate surface area is 129 Å². The van der Waals surface area contributed by atoms with E-state index in [1.807, 2.05) is 18.7 Å². The zero-order chi connectivity index (χ0) is 15.1. The smallest absolute Gasteiger partial charge is 0.338 e. The van der Waals surface area contributed by atoms with E-state index < -0.39 is 0 Å². The summed E-state index contributed by atoms with van der Waals surface area (Å²) in [6.45, 7) is 3.92. The normalized spacial score (nSPS) is 14.6. The van der Waals surface area contributed by atoms with Gasteiger partial charge in [0.1, 0.15) is 0 Å². The summed E-state index contributed by atoms with van der Waals surface area (Å²) in [6.07, 6.45) is 0.800. The van der Waals surface area contributed by atoms with Crippen LogP contribution < -0.4 is 5.32 Å². The Balaban J connectivity index is 1.89. The zero-order valence-electron chi connectivity index (χ0n) is 12.1. The van der Waals surface area contributed by atoms with Crippen LogP contribution in [0.3, 0.4) is 0 Å². The van der Waals surface area contributed by atoms with Crippen molar-refractivity contribution in [1.29, 1.82) is 0 Å². The van der Waals surface area contributed by atoms with Crippen LogP contribution in [-0.4, -0.2) is 48.1 Å². The average molecular weight is 308 g/mol. The van der Waals surface area contributed by atoms with Gasteiger partial charge in [-0.15, -0.1) is 0 Å². The van der Waals surface area contributed by atoms with E-state index in [4.69, 9.17) is 4.74 Å². The molecule has 1 aliphatic rings. The standard InChI is InChI=1S/C15H20N2O3S/c1-2-9-20-14(18)12-3-5-13(6-4-12)16-15(19)17-7-10-21-11-8-17/h3-6H,2,7-11H2,1H3,(H,16,19). The molecule has 0 unspecified atom stereocenters. The second-order valence-electron chi connectivity index (χ2n) is 4.74. The first-order valence-electron chi connectivity index (χ1n) is 7.11. The predicted molar refractivity (Wildman–Crippen MR) is 84.9 cm³/mol. The average Bonchev–Trinajstić information content (AvgIpc) is 2.54. The quantitative estimate of drug-likeness (QED) is 0.869. The number of esters is 1. The molecule has 0 bridgehead atoms. The van der Waals surface area contributed by atoms with Crippen molar-refractivity contribution in [3.63, 3.8) is 0 Å². The summed E-state index contributed by atoms with van der Waals surface area (Å²) < 4.78 is 5.06. The maximum Gasteiger partial charge on any atom is 0.338 e. The van der Waals surface area contributed by atoms with Crippen molar-refractivity contribution in [1.82, 2.24) is 4.90 Å². The van der Waals surface area contributed by atoms with E-state index >= 15 is 0 Å². The number of hydrogen-bond acceptors (Lipinski definition) is 4. The summed E-state index contributed by atoms with van der Waals surface area (Å²) in [5, 5.41) is 2.85. The number of anilines is 1. The lowest BCUT2D eigenvalue weighted by atomic mass is 10.2. The summed E-state index contributed by atoms with van der Waals surface area (Å²) in [5.74, 6) is 1.63. The Morgan fingerprint density at radius 2 is 1.90 bits per heavy atom. The molecule has 1 fully saturated rings. The molecule has 0 atom stereocenters. The van der Waals surface area contributed by atoms with Crippen LogP contribution in [0, 0.1) is 0 Å². The van der Waals surface area contributed by atoms with Crippen molar-refractivity contribution in [3.8, 4) is 0 Å². The van der Waals surface area contributed by atoms with Crippen LogP contribution in [0.15, 0.2) is 24.3 Å². The lowest BCUT2D eigenvalue weighted by Crippen LogP contribution is -2.40. The van der Waals surface area contributed by atoms with Gasteiger partial charge in [-0.3, -0.25) is 0 Å². The number of nitrogens with zero attached hydrogens (tertiary/aromatic N) is 1. The number of nitrogens with one attached hydrogen (secondary N) is 1. The van der Waals surface area contributed by atoms with Gasteiger partial charge in [-0.05, 0) is 30.7 Å². The number of rotatable bonds is 4. The van der Waals surface area contributed by atoms with Crippen LogP contribution in [0.5, 0.6) is 0 Å². The Bertz CT molecular complexity index is 484. The van der Waals surface area contributed by atoms with Gasteiger partial charge >= 0.3 is 12.0 Å². The number of ether oxygens (including phenoxy) is 1. The number of urea groups is 1. The molecule has 1 aromatic rings.